The summed E-state index contributed by atoms with van der Waals surface area (Å²) in [6.07, 6.45) is 2.02. The lowest BCUT2D eigenvalue weighted by atomic mass is 9.77. The first-order valence-corrected chi connectivity index (χ1v) is 8.25. The Morgan fingerprint density at radius 1 is 1.25 bits per heavy atom. The lowest BCUT2D eigenvalue weighted by molar-refractivity contribution is -0.137. The van der Waals surface area contributed by atoms with Crippen LogP contribution in [0.2, 0.25) is 0 Å². The minimum Gasteiger partial charge on any atom is -0.496 e. The highest BCUT2D eigenvalue weighted by Crippen LogP contribution is 2.39. The van der Waals surface area contributed by atoms with Gasteiger partial charge in [0.25, 0.3) is 0 Å². The number of hydrogen-bond acceptors (Lipinski definition) is 4. The van der Waals surface area contributed by atoms with Crippen molar-refractivity contribution in [2.75, 3.05) is 7.11 Å². The van der Waals surface area contributed by atoms with Crippen LogP contribution in [0.3, 0.4) is 0 Å². The molecule has 24 heavy (non-hydrogen) atoms. The predicted octanol–water partition coefficient (Wildman–Crippen LogP) is 3.13. The molecule has 0 unspecified atom stereocenters. The van der Waals surface area contributed by atoms with Gasteiger partial charge in [0.2, 0.25) is 0 Å². The molecule has 1 aromatic rings. The molecule has 2 rings (SSSR count). The van der Waals surface area contributed by atoms with Crippen molar-refractivity contribution in [3.8, 4) is 5.75 Å². The van der Waals surface area contributed by atoms with Crippen LogP contribution in [0.15, 0.2) is 6.07 Å². The predicted molar refractivity (Wildman–Crippen MR) is 89.6 cm³/mol. The van der Waals surface area contributed by atoms with E-state index in [0.29, 0.717) is 25.7 Å². The second-order valence-electron chi connectivity index (χ2n) is 6.53. The summed E-state index contributed by atoms with van der Waals surface area (Å²) < 4.78 is 5.49. The number of hydrogen-bond donors (Lipinski definition) is 1. The smallest absolute Gasteiger partial charge is 0.303 e. The summed E-state index contributed by atoms with van der Waals surface area (Å²) >= 11 is 0. The number of rotatable bonds is 6. The first-order valence-electron chi connectivity index (χ1n) is 8.25. The van der Waals surface area contributed by atoms with Gasteiger partial charge in [0.1, 0.15) is 17.3 Å². The van der Waals surface area contributed by atoms with E-state index in [4.69, 9.17) is 9.84 Å². The van der Waals surface area contributed by atoms with Gasteiger partial charge in [-0.05, 0) is 54.9 Å². The van der Waals surface area contributed by atoms with Crippen LogP contribution in [-0.2, 0) is 20.8 Å². The summed E-state index contributed by atoms with van der Waals surface area (Å²) in [6, 6.07) is 2.01. The fourth-order valence-corrected chi connectivity index (χ4v) is 3.77. The van der Waals surface area contributed by atoms with Crippen LogP contribution in [0.4, 0.5) is 0 Å². The van der Waals surface area contributed by atoms with Crippen molar-refractivity contribution in [1.29, 1.82) is 0 Å². The number of carbonyl (C=O) groups is 3. The van der Waals surface area contributed by atoms with Gasteiger partial charge >= 0.3 is 5.97 Å². The lowest BCUT2D eigenvalue weighted by Crippen LogP contribution is -2.23. The maximum atomic E-state index is 11.9. The second-order valence-corrected chi connectivity index (χ2v) is 6.53. The Morgan fingerprint density at radius 2 is 1.88 bits per heavy atom. The minimum atomic E-state index is -0.818. The number of aliphatic carboxylic acids is 1. The molecule has 0 heterocycles. The number of Topliss-reactive ketones (excluding diaryl/α,β-unsaturated/α-hetero) is 2. The first kappa shape index (κ1) is 18.2. The Morgan fingerprint density at radius 3 is 2.42 bits per heavy atom. The van der Waals surface area contributed by atoms with Crippen LogP contribution in [0.1, 0.15) is 60.3 Å². The van der Waals surface area contributed by atoms with Gasteiger partial charge in [0.05, 0.1) is 13.5 Å². The van der Waals surface area contributed by atoms with E-state index in [0.717, 1.165) is 28.0 Å². The van der Waals surface area contributed by atoms with Crippen molar-refractivity contribution in [2.24, 2.45) is 0 Å². The van der Waals surface area contributed by atoms with Gasteiger partial charge in [-0.3, -0.25) is 14.4 Å². The van der Waals surface area contributed by atoms with E-state index in [1.54, 1.807) is 7.11 Å². The van der Waals surface area contributed by atoms with Crippen LogP contribution in [0.25, 0.3) is 0 Å². The molecule has 1 aromatic carbocycles. The van der Waals surface area contributed by atoms with Crippen LogP contribution in [-0.4, -0.2) is 29.8 Å². The maximum Gasteiger partial charge on any atom is 0.303 e. The fourth-order valence-electron chi connectivity index (χ4n) is 3.77. The SMILES string of the molecule is COc1c(C)cc(CCCC(=O)O)c(C2CC(=O)CC(=O)C2)c1C. The molecule has 0 spiro atoms. The molecule has 0 aromatic heterocycles. The zero-order valence-electron chi connectivity index (χ0n) is 14.5. The van der Waals surface area contributed by atoms with E-state index >= 15 is 0 Å². The number of carboxylic acids is 1. The molecule has 1 aliphatic carbocycles. The molecule has 1 aliphatic rings. The maximum absolute atomic E-state index is 11.9. The van der Waals surface area contributed by atoms with Crippen LogP contribution in [0, 0.1) is 13.8 Å². The molecule has 0 saturated heterocycles. The zero-order valence-corrected chi connectivity index (χ0v) is 14.5. The molecule has 5 nitrogen and oxygen atoms in total. The Bertz CT molecular complexity index is 659. The van der Waals surface area contributed by atoms with Crippen LogP contribution in [0.5, 0.6) is 5.75 Å². The quantitative estimate of drug-likeness (QED) is 0.810. The lowest BCUT2D eigenvalue weighted by Gasteiger charge is -2.27. The Labute approximate surface area is 142 Å². The molecule has 1 fully saturated rings. The third kappa shape index (κ3) is 4.02. The van der Waals surface area contributed by atoms with Crippen molar-refractivity contribution in [1.82, 2.24) is 0 Å². The van der Waals surface area contributed by atoms with Gasteiger partial charge in [0.15, 0.2) is 0 Å². The van der Waals surface area contributed by atoms with E-state index in [9.17, 15) is 14.4 Å². The van der Waals surface area contributed by atoms with E-state index in [2.05, 4.69) is 0 Å². The van der Waals surface area contributed by atoms with Gasteiger partial charge in [-0.15, -0.1) is 0 Å². The molecule has 0 amide bonds. The Hall–Kier alpha value is -2.17. The van der Waals surface area contributed by atoms with E-state index in [1.807, 2.05) is 19.9 Å². The fraction of sp³-hybridized carbons (Fsp3) is 0.526. The third-order valence-electron chi connectivity index (χ3n) is 4.63. The summed E-state index contributed by atoms with van der Waals surface area (Å²) in [6.45, 7) is 3.90. The molecule has 0 bridgehead atoms. The molecule has 1 N–H and O–H groups in total. The average molecular weight is 332 g/mol. The number of benzene rings is 1. The largest absolute Gasteiger partial charge is 0.496 e. The third-order valence-corrected chi connectivity index (χ3v) is 4.63. The number of aryl methyl sites for hydroxylation is 2. The summed E-state index contributed by atoms with van der Waals surface area (Å²) in [4.78, 5) is 34.5. The standard InChI is InChI=1S/C19H24O5/c1-11-7-13(5-4-6-17(22)23)18(12(2)19(11)24-3)14-8-15(20)10-16(21)9-14/h7,14H,4-6,8-10H2,1-3H3,(H,22,23). The monoisotopic (exact) mass is 332 g/mol. The van der Waals surface area contributed by atoms with Crippen molar-refractivity contribution in [3.63, 3.8) is 0 Å². The number of methoxy groups -OCH3 is 1. The Balaban J connectivity index is 2.43. The molecule has 5 heteroatoms. The van der Waals surface area contributed by atoms with Gasteiger partial charge < -0.3 is 9.84 Å². The van der Waals surface area contributed by atoms with E-state index in [1.165, 1.54) is 0 Å². The number of ketones is 2. The van der Waals surface area contributed by atoms with Gasteiger partial charge in [-0.25, -0.2) is 0 Å². The second kappa shape index (κ2) is 7.60. The summed E-state index contributed by atoms with van der Waals surface area (Å²) in [5, 5.41) is 8.86. The van der Waals surface area contributed by atoms with E-state index in [-0.39, 0.29) is 30.3 Å². The average Bonchev–Trinajstić information content (AvgIpc) is 2.45. The molecule has 0 atom stereocenters. The van der Waals surface area contributed by atoms with Crippen LogP contribution < -0.4 is 4.74 Å². The highest BCUT2D eigenvalue weighted by atomic mass is 16.5. The van der Waals surface area contributed by atoms with Gasteiger partial charge in [0, 0.05) is 19.3 Å². The number of carboxylic acid groups (broad SMARTS) is 1. The summed E-state index contributed by atoms with van der Waals surface area (Å²) in [5.74, 6) is -0.217. The van der Waals surface area contributed by atoms with E-state index < -0.39 is 5.97 Å². The molecule has 0 aliphatic heterocycles. The molecule has 130 valence electrons. The molecule has 0 radical (unpaired) electrons. The molecular weight excluding hydrogens is 308 g/mol. The Kier molecular flexibility index (Phi) is 5.75. The molecular formula is C19H24O5. The summed E-state index contributed by atoms with van der Waals surface area (Å²) in [7, 11) is 1.61. The summed E-state index contributed by atoms with van der Waals surface area (Å²) in [5.41, 5.74) is 3.96. The zero-order chi connectivity index (χ0) is 17.9. The van der Waals surface area contributed by atoms with Crippen molar-refractivity contribution < 1.29 is 24.2 Å². The number of carbonyl (C=O) groups excluding carboxylic acids is 2. The van der Waals surface area contributed by atoms with Crippen molar-refractivity contribution in [2.45, 2.75) is 58.3 Å². The topological polar surface area (TPSA) is 80.7 Å². The molecule has 1 saturated carbocycles. The van der Waals surface area contributed by atoms with Gasteiger partial charge in [-0.1, -0.05) is 6.07 Å². The normalized spacial score (nSPS) is 15.6. The van der Waals surface area contributed by atoms with Gasteiger partial charge in [-0.2, -0.15) is 0 Å². The first-order chi connectivity index (χ1) is 11.3. The number of ether oxygens (including phenoxy) is 1. The van der Waals surface area contributed by atoms with Crippen molar-refractivity contribution in [3.05, 3.63) is 28.3 Å². The minimum absolute atomic E-state index is 0.0216. The van der Waals surface area contributed by atoms with Crippen LogP contribution >= 0.6 is 0 Å². The van der Waals surface area contributed by atoms with Crippen molar-refractivity contribution >= 4 is 17.5 Å². The highest BCUT2D eigenvalue weighted by molar-refractivity contribution is 6.02. The highest BCUT2D eigenvalue weighted by Gasteiger charge is 2.30.